The topological polar surface area (TPSA) is 101 Å². The van der Waals surface area contributed by atoms with Crippen molar-refractivity contribution in [2.45, 2.75) is 24.8 Å². The Labute approximate surface area is 122 Å². The average Bonchev–Trinajstić information content (AvgIpc) is 2.87. The van der Waals surface area contributed by atoms with E-state index in [4.69, 9.17) is 5.11 Å². The molecule has 0 aliphatic carbocycles. The van der Waals surface area contributed by atoms with E-state index in [-0.39, 0.29) is 16.5 Å². The fraction of sp³-hybridized carbons (Fsp3) is 0.231. The predicted molar refractivity (Wildman–Crippen MR) is 76.0 cm³/mol. The second kappa shape index (κ2) is 5.66. The SMILES string of the molecule is CC(C)NS(=O)(=O)c1ccc(-n2cc(C(=O)O)cn2)cc1. The lowest BCUT2D eigenvalue weighted by Gasteiger charge is -2.10. The number of rotatable bonds is 5. The van der Waals surface area contributed by atoms with Crippen LogP contribution < -0.4 is 4.72 Å². The third-order valence-corrected chi connectivity index (χ3v) is 4.31. The molecule has 1 heterocycles. The quantitative estimate of drug-likeness (QED) is 0.865. The number of carbonyl (C=O) groups is 1. The minimum Gasteiger partial charge on any atom is -0.478 e. The van der Waals surface area contributed by atoms with Crippen molar-refractivity contribution in [2.75, 3.05) is 0 Å². The van der Waals surface area contributed by atoms with Crippen LogP contribution in [0.2, 0.25) is 0 Å². The maximum absolute atomic E-state index is 12.0. The first-order chi connectivity index (χ1) is 9.79. The van der Waals surface area contributed by atoms with Gasteiger partial charge in [-0.15, -0.1) is 0 Å². The molecule has 1 aromatic heterocycles. The second-order valence-electron chi connectivity index (χ2n) is 4.75. The van der Waals surface area contributed by atoms with E-state index in [1.165, 1.54) is 29.2 Å². The Morgan fingerprint density at radius 1 is 1.29 bits per heavy atom. The van der Waals surface area contributed by atoms with Crippen molar-refractivity contribution < 1.29 is 18.3 Å². The zero-order valence-electron chi connectivity index (χ0n) is 11.5. The summed E-state index contributed by atoms with van der Waals surface area (Å²) in [6.45, 7) is 3.48. The summed E-state index contributed by atoms with van der Waals surface area (Å²) in [5, 5.41) is 12.8. The smallest absolute Gasteiger partial charge is 0.338 e. The number of nitrogens with one attached hydrogen (secondary N) is 1. The largest absolute Gasteiger partial charge is 0.478 e. The number of nitrogens with zero attached hydrogens (tertiary/aromatic N) is 2. The van der Waals surface area contributed by atoms with Gasteiger partial charge in [0.2, 0.25) is 10.0 Å². The highest BCUT2D eigenvalue weighted by atomic mass is 32.2. The van der Waals surface area contributed by atoms with Crippen molar-refractivity contribution in [2.24, 2.45) is 0 Å². The minimum atomic E-state index is -3.54. The van der Waals surface area contributed by atoms with Crippen LogP contribution in [0.3, 0.4) is 0 Å². The van der Waals surface area contributed by atoms with E-state index in [1.807, 2.05) is 0 Å². The van der Waals surface area contributed by atoms with Gasteiger partial charge in [0.05, 0.1) is 22.3 Å². The van der Waals surface area contributed by atoms with Gasteiger partial charge in [-0.1, -0.05) is 0 Å². The normalized spacial score (nSPS) is 11.8. The lowest BCUT2D eigenvalue weighted by Crippen LogP contribution is -2.30. The molecule has 2 rings (SSSR count). The van der Waals surface area contributed by atoms with Crippen molar-refractivity contribution >= 4 is 16.0 Å². The van der Waals surface area contributed by atoms with Gasteiger partial charge >= 0.3 is 5.97 Å². The van der Waals surface area contributed by atoms with Crippen LogP contribution in [0.15, 0.2) is 41.6 Å². The maximum atomic E-state index is 12.0. The number of carboxylic acids is 1. The maximum Gasteiger partial charge on any atom is 0.338 e. The Hall–Kier alpha value is -2.19. The molecule has 0 saturated carbocycles. The van der Waals surface area contributed by atoms with E-state index in [2.05, 4.69) is 9.82 Å². The number of benzene rings is 1. The molecule has 0 amide bonds. The summed E-state index contributed by atoms with van der Waals surface area (Å²) in [4.78, 5) is 10.9. The molecule has 0 bridgehead atoms. The summed E-state index contributed by atoms with van der Waals surface area (Å²) in [5.74, 6) is -1.07. The number of aromatic nitrogens is 2. The monoisotopic (exact) mass is 309 g/mol. The lowest BCUT2D eigenvalue weighted by molar-refractivity contribution is 0.0697. The Bertz CT molecular complexity index is 748. The lowest BCUT2D eigenvalue weighted by atomic mass is 10.3. The molecule has 1 aromatic carbocycles. The predicted octanol–water partition coefficient (Wildman–Crippen LogP) is 1.26. The van der Waals surface area contributed by atoms with Crippen molar-refractivity contribution in [1.82, 2.24) is 14.5 Å². The van der Waals surface area contributed by atoms with Crippen LogP contribution in [-0.4, -0.2) is 35.3 Å². The highest BCUT2D eigenvalue weighted by molar-refractivity contribution is 7.89. The Balaban J connectivity index is 2.28. The van der Waals surface area contributed by atoms with Crippen LogP contribution in [-0.2, 0) is 10.0 Å². The molecule has 0 aliphatic heterocycles. The molecule has 0 unspecified atom stereocenters. The third-order valence-electron chi connectivity index (χ3n) is 2.63. The molecule has 2 aromatic rings. The van der Waals surface area contributed by atoms with E-state index in [0.29, 0.717) is 5.69 Å². The molecule has 112 valence electrons. The van der Waals surface area contributed by atoms with Crippen molar-refractivity contribution in [1.29, 1.82) is 0 Å². The molecule has 7 nitrogen and oxygen atoms in total. The summed E-state index contributed by atoms with van der Waals surface area (Å²) < 4.78 is 27.8. The van der Waals surface area contributed by atoms with Gasteiger partial charge < -0.3 is 5.11 Å². The van der Waals surface area contributed by atoms with Crippen LogP contribution in [0.25, 0.3) is 5.69 Å². The van der Waals surface area contributed by atoms with Gasteiger partial charge in [0.25, 0.3) is 0 Å². The Morgan fingerprint density at radius 2 is 1.90 bits per heavy atom. The van der Waals surface area contributed by atoms with Crippen LogP contribution >= 0.6 is 0 Å². The molecule has 0 radical (unpaired) electrons. The molecule has 2 N–H and O–H groups in total. The van der Waals surface area contributed by atoms with E-state index in [9.17, 15) is 13.2 Å². The summed E-state index contributed by atoms with van der Waals surface area (Å²) in [5.41, 5.74) is 0.638. The fourth-order valence-corrected chi connectivity index (χ4v) is 2.98. The van der Waals surface area contributed by atoms with Crippen LogP contribution in [0.1, 0.15) is 24.2 Å². The molecule has 21 heavy (non-hydrogen) atoms. The Morgan fingerprint density at radius 3 is 2.38 bits per heavy atom. The first-order valence-corrected chi connectivity index (χ1v) is 7.68. The molecule has 0 aliphatic rings. The van der Waals surface area contributed by atoms with Gasteiger partial charge in [0.15, 0.2) is 0 Å². The number of carboxylic acid groups (broad SMARTS) is 1. The summed E-state index contributed by atoms with van der Waals surface area (Å²) in [7, 11) is -3.54. The third kappa shape index (κ3) is 3.47. The molecule has 0 fully saturated rings. The zero-order chi connectivity index (χ0) is 15.6. The number of hydrogen-bond acceptors (Lipinski definition) is 4. The van der Waals surface area contributed by atoms with Gasteiger partial charge in [0.1, 0.15) is 0 Å². The van der Waals surface area contributed by atoms with Crippen molar-refractivity contribution in [3.8, 4) is 5.69 Å². The number of hydrogen-bond donors (Lipinski definition) is 2. The first kappa shape index (κ1) is 15.2. The zero-order valence-corrected chi connectivity index (χ0v) is 12.3. The molecule has 0 spiro atoms. The van der Waals surface area contributed by atoms with E-state index < -0.39 is 16.0 Å². The number of sulfonamides is 1. The van der Waals surface area contributed by atoms with E-state index in [0.717, 1.165) is 0 Å². The van der Waals surface area contributed by atoms with Crippen LogP contribution in [0.5, 0.6) is 0 Å². The van der Waals surface area contributed by atoms with Gasteiger partial charge in [-0.3, -0.25) is 0 Å². The molecular weight excluding hydrogens is 294 g/mol. The molecular formula is C13H15N3O4S. The van der Waals surface area contributed by atoms with Gasteiger partial charge in [0, 0.05) is 12.2 Å². The second-order valence-corrected chi connectivity index (χ2v) is 6.46. The highest BCUT2D eigenvalue weighted by Crippen LogP contribution is 2.14. The average molecular weight is 309 g/mol. The van der Waals surface area contributed by atoms with Gasteiger partial charge in [-0.05, 0) is 38.1 Å². The molecule has 8 heteroatoms. The van der Waals surface area contributed by atoms with Gasteiger partial charge in [-0.25, -0.2) is 22.6 Å². The van der Waals surface area contributed by atoms with Crippen molar-refractivity contribution in [3.63, 3.8) is 0 Å². The molecule has 0 atom stereocenters. The molecule has 0 saturated heterocycles. The summed E-state index contributed by atoms with van der Waals surface area (Å²) in [6.07, 6.45) is 2.59. The van der Waals surface area contributed by atoms with E-state index in [1.54, 1.807) is 26.0 Å². The Kier molecular flexibility index (Phi) is 4.10. The van der Waals surface area contributed by atoms with E-state index >= 15 is 0 Å². The fourth-order valence-electron chi connectivity index (χ4n) is 1.73. The first-order valence-electron chi connectivity index (χ1n) is 6.20. The number of aromatic carboxylic acids is 1. The minimum absolute atomic E-state index is 0.0631. The van der Waals surface area contributed by atoms with Crippen LogP contribution in [0, 0.1) is 0 Å². The van der Waals surface area contributed by atoms with Crippen LogP contribution in [0.4, 0.5) is 0 Å². The standard InChI is InChI=1S/C13H15N3O4S/c1-9(2)15-21(19,20)12-5-3-11(4-6-12)16-8-10(7-14-16)13(17)18/h3-9,15H,1-2H3,(H,17,18). The van der Waals surface area contributed by atoms with Gasteiger partial charge in [-0.2, -0.15) is 5.10 Å². The summed E-state index contributed by atoms with van der Waals surface area (Å²) in [6, 6.07) is 5.82. The highest BCUT2D eigenvalue weighted by Gasteiger charge is 2.15. The summed E-state index contributed by atoms with van der Waals surface area (Å²) >= 11 is 0. The van der Waals surface area contributed by atoms with Crippen molar-refractivity contribution in [3.05, 3.63) is 42.2 Å².